The van der Waals surface area contributed by atoms with E-state index in [1.165, 1.54) is 4.52 Å². The van der Waals surface area contributed by atoms with Crippen molar-refractivity contribution in [3.05, 3.63) is 53.2 Å². The predicted octanol–water partition coefficient (Wildman–Crippen LogP) is 3.06. The van der Waals surface area contributed by atoms with E-state index in [0.717, 1.165) is 16.9 Å². The monoisotopic (exact) mass is 504 g/mol. The molecule has 1 aliphatic rings. The second-order valence-electron chi connectivity index (χ2n) is 8.48. The molecule has 34 heavy (non-hydrogen) atoms. The lowest BCUT2D eigenvalue weighted by Crippen LogP contribution is -2.46. The third-order valence-corrected chi connectivity index (χ3v) is 8.24. The summed E-state index contributed by atoms with van der Waals surface area (Å²) in [5.41, 5.74) is 8.07. The molecule has 0 spiro atoms. The summed E-state index contributed by atoms with van der Waals surface area (Å²) in [6, 6.07) is 2.90. The van der Waals surface area contributed by atoms with Crippen LogP contribution in [0.5, 0.6) is 0 Å². The maximum Gasteiger partial charge on any atom is 0.259 e. The van der Waals surface area contributed by atoms with E-state index in [0.29, 0.717) is 17.2 Å². The molecule has 5 N–H and O–H groups in total. The Balaban J connectivity index is 1.55. The van der Waals surface area contributed by atoms with Gasteiger partial charge in [-0.25, -0.2) is 14.5 Å². The lowest BCUT2D eigenvalue weighted by Gasteiger charge is -2.46. The molecule has 0 aromatic carbocycles. The minimum Gasteiger partial charge on any atom is -0.381 e. The number of aromatic nitrogens is 5. The molecule has 0 bridgehead atoms. The Labute approximate surface area is 201 Å². The minimum atomic E-state index is -2.62. The van der Waals surface area contributed by atoms with E-state index >= 15 is 0 Å². The van der Waals surface area contributed by atoms with Crippen LogP contribution in [0.4, 0.5) is 11.6 Å². The zero-order valence-corrected chi connectivity index (χ0v) is 20.2. The Bertz CT molecular complexity index is 1400. The summed E-state index contributed by atoms with van der Waals surface area (Å²) < 4.78 is 23.8. The van der Waals surface area contributed by atoms with Crippen LogP contribution in [-0.2, 0) is 0 Å². The summed E-state index contributed by atoms with van der Waals surface area (Å²) in [6.45, 7) is 4.24. The predicted molar refractivity (Wildman–Crippen MR) is 133 cm³/mol. The number of hydrogen-bond acceptors (Lipinski definition) is 8. The number of imidazole rings is 1. The van der Waals surface area contributed by atoms with E-state index in [4.69, 9.17) is 17.3 Å². The van der Waals surface area contributed by atoms with E-state index in [9.17, 15) is 13.9 Å². The molecule has 5 heterocycles. The lowest BCUT2D eigenvalue weighted by atomic mass is 10.1. The molecular formula is C21H25ClN8O3S. The maximum atomic E-state index is 13.2. The molecule has 2 atom stereocenters. The van der Waals surface area contributed by atoms with Gasteiger partial charge < -0.3 is 16.0 Å². The minimum absolute atomic E-state index is 0.0848. The van der Waals surface area contributed by atoms with Crippen LogP contribution in [0.25, 0.3) is 11.2 Å². The molecule has 1 fully saturated rings. The first-order valence-electron chi connectivity index (χ1n) is 10.7. The SMILES string of the molecule is CC(NC(=O)c1c(N)nn2cccnc12)c1cc(Cl)c2cncn2c1N1CCS(O)(O)CC1C. The molecule has 0 radical (unpaired) electrons. The van der Waals surface area contributed by atoms with Gasteiger partial charge in [0.25, 0.3) is 5.91 Å². The van der Waals surface area contributed by atoms with Crippen molar-refractivity contribution in [1.29, 1.82) is 0 Å². The number of amides is 1. The molecule has 1 saturated heterocycles. The van der Waals surface area contributed by atoms with E-state index in [1.54, 1.807) is 31.0 Å². The average molecular weight is 505 g/mol. The highest BCUT2D eigenvalue weighted by atomic mass is 35.5. The summed E-state index contributed by atoms with van der Waals surface area (Å²) in [4.78, 5) is 23.8. The van der Waals surface area contributed by atoms with Gasteiger partial charge in [0.1, 0.15) is 17.7 Å². The Morgan fingerprint density at radius 2 is 2.21 bits per heavy atom. The number of nitrogen functional groups attached to an aromatic ring is 1. The molecule has 4 aromatic rings. The maximum absolute atomic E-state index is 13.2. The van der Waals surface area contributed by atoms with E-state index in [-0.39, 0.29) is 28.9 Å². The fourth-order valence-electron chi connectivity index (χ4n) is 4.48. The standard InChI is InChI=1S/C21H25ClN8O3S/c1-12-10-34(32,33)7-6-28(12)21-14(8-15(22)16-9-24-11-29(16)21)13(2)26-20(31)17-18(23)27-30-5-3-4-25-19(17)30/h3-5,8-9,11-13,32-33H,6-7,10H2,1-2H3,(H2,23,27)(H,26,31). The van der Waals surface area contributed by atoms with Gasteiger partial charge in [0.05, 0.1) is 34.3 Å². The second-order valence-corrected chi connectivity index (χ2v) is 11.2. The largest absolute Gasteiger partial charge is 0.381 e. The number of nitrogens with zero attached hydrogens (tertiary/aromatic N) is 6. The molecule has 4 aromatic heterocycles. The van der Waals surface area contributed by atoms with Gasteiger partial charge in [0.2, 0.25) is 0 Å². The molecule has 0 aliphatic carbocycles. The molecule has 5 rings (SSSR count). The summed E-state index contributed by atoms with van der Waals surface area (Å²) >= 11 is 6.57. The first-order valence-corrected chi connectivity index (χ1v) is 13.0. The van der Waals surface area contributed by atoms with Crippen molar-refractivity contribution in [3.8, 4) is 0 Å². The van der Waals surface area contributed by atoms with E-state index < -0.39 is 22.5 Å². The molecule has 0 saturated carbocycles. The van der Waals surface area contributed by atoms with Crippen LogP contribution in [-0.4, -0.2) is 63.1 Å². The van der Waals surface area contributed by atoms with Gasteiger partial charge in [-0.3, -0.25) is 18.3 Å². The Kier molecular flexibility index (Phi) is 5.55. The zero-order valence-electron chi connectivity index (χ0n) is 18.6. The molecule has 11 nitrogen and oxygen atoms in total. The van der Waals surface area contributed by atoms with Crippen molar-refractivity contribution in [2.75, 3.05) is 28.7 Å². The highest BCUT2D eigenvalue weighted by Gasteiger charge is 2.33. The van der Waals surface area contributed by atoms with Gasteiger partial charge >= 0.3 is 0 Å². The second kappa shape index (κ2) is 8.31. The number of anilines is 2. The first-order chi connectivity index (χ1) is 16.2. The van der Waals surface area contributed by atoms with Crippen LogP contribution in [0.2, 0.25) is 5.02 Å². The third-order valence-electron chi connectivity index (χ3n) is 6.09. The summed E-state index contributed by atoms with van der Waals surface area (Å²) in [6.07, 6.45) is 6.59. The molecule has 1 aliphatic heterocycles. The molecule has 13 heteroatoms. The van der Waals surface area contributed by atoms with Crippen LogP contribution in [0.3, 0.4) is 0 Å². The number of rotatable bonds is 4. The number of pyridine rings is 1. The molecule has 1 amide bonds. The Morgan fingerprint density at radius 3 is 2.97 bits per heavy atom. The van der Waals surface area contributed by atoms with Gasteiger partial charge in [0.15, 0.2) is 11.5 Å². The van der Waals surface area contributed by atoms with Gasteiger partial charge in [0, 0.05) is 30.5 Å². The molecular weight excluding hydrogens is 480 g/mol. The number of carbonyl (C=O) groups is 1. The van der Waals surface area contributed by atoms with Gasteiger partial charge in [-0.05, 0) is 26.0 Å². The summed E-state index contributed by atoms with van der Waals surface area (Å²) in [7, 11) is -2.62. The van der Waals surface area contributed by atoms with Gasteiger partial charge in [-0.1, -0.05) is 11.6 Å². The van der Waals surface area contributed by atoms with Gasteiger partial charge in [-0.15, -0.1) is 5.10 Å². The molecule has 2 unspecified atom stereocenters. The smallest absolute Gasteiger partial charge is 0.259 e. The van der Waals surface area contributed by atoms with Crippen molar-refractivity contribution in [3.63, 3.8) is 0 Å². The van der Waals surface area contributed by atoms with Crippen LogP contribution in [0.15, 0.2) is 37.1 Å². The number of hydrogen-bond donors (Lipinski definition) is 4. The highest BCUT2D eigenvalue weighted by Crippen LogP contribution is 2.45. The van der Waals surface area contributed by atoms with Gasteiger partial charge in [-0.2, -0.15) is 10.6 Å². The third kappa shape index (κ3) is 3.82. The average Bonchev–Trinajstić information content (AvgIpc) is 3.38. The normalized spacial score (nSPS) is 19.9. The highest BCUT2D eigenvalue weighted by molar-refractivity contribution is 8.24. The van der Waals surface area contributed by atoms with Crippen LogP contribution in [0, 0.1) is 0 Å². The van der Waals surface area contributed by atoms with Crippen molar-refractivity contribution in [2.24, 2.45) is 0 Å². The Morgan fingerprint density at radius 1 is 1.41 bits per heavy atom. The van der Waals surface area contributed by atoms with Crippen LogP contribution >= 0.6 is 22.2 Å². The zero-order chi connectivity index (χ0) is 24.2. The summed E-state index contributed by atoms with van der Waals surface area (Å²) in [5, 5.41) is 7.65. The van der Waals surface area contributed by atoms with E-state index in [2.05, 4.69) is 25.3 Å². The number of carbonyl (C=O) groups excluding carboxylic acids is 1. The molecule has 180 valence electrons. The van der Waals surface area contributed by atoms with Crippen molar-refractivity contribution in [2.45, 2.75) is 25.9 Å². The fourth-order valence-corrected chi connectivity index (χ4v) is 6.35. The summed E-state index contributed by atoms with van der Waals surface area (Å²) in [5.74, 6) is 0.990. The number of halogens is 1. The van der Waals surface area contributed by atoms with E-state index in [1.807, 2.05) is 24.3 Å². The number of fused-ring (bicyclic) bond motifs is 2. The first kappa shape index (κ1) is 22.7. The van der Waals surface area contributed by atoms with Crippen molar-refractivity contribution < 1.29 is 13.9 Å². The number of nitrogens with two attached hydrogens (primary N) is 1. The quantitative estimate of drug-likeness (QED) is 0.331. The van der Waals surface area contributed by atoms with Crippen LogP contribution in [0.1, 0.15) is 35.8 Å². The topological polar surface area (TPSA) is 146 Å². The Hall–Kier alpha value is -3.06. The number of nitrogens with one attached hydrogen (secondary N) is 1. The fraction of sp³-hybridized carbons (Fsp3) is 0.333. The van der Waals surface area contributed by atoms with Crippen molar-refractivity contribution >= 4 is 50.9 Å². The lowest BCUT2D eigenvalue weighted by molar-refractivity contribution is 0.0942. The van der Waals surface area contributed by atoms with Crippen LogP contribution < -0.4 is 16.0 Å². The van der Waals surface area contributed by atoms with Crippen molar-refractivity contribution in [1.82, 2.24) is 29.3 Å².